The van der Waals surface area contributed by atoms with Crippen molar-refractivity contribution in [3.63, 3.8) is 0 Å². The van der Waals surface area contributed by atoms with Gasteiger partial charge in [0, 0.05) is 24.6 Å². The van der Waals surface area contributed by atoms with Crippen LogP contribution in [0.5, 0.6) is 0 Å². The first-order valence-corrected chi connectivity index (χ1v) is 7.68. The zero-order valence-corrected chi connectivity index (χ0v) is 12.7. The van der Waals surface area contributed by atoms with E-state index in [1.165, 1.54) is 0 Å². The highest BCUT2D eigenvalue weighted by Crippen LogP contribution is 2.28. The van der Waals surface area contributed by atoms with Gasteiger partial charge in [-0.25, -0.2) is 0 Å². The molecule has 0 N–H and O–H groups in total. The van der Waals surface area contributed by atoms with Crippen molar-refractivity contribution < 1.29 is 4.42 Å². The van der Waals surface area contributed by atoms with Gasteiger partial charge in [0.25, 0.3) is 0 Å². The van der Waals surface area contributed by atoms with Crippen molar-refractivity contribution in [1.29, 1.82) is 0 Å². The van der Waals surface area contributed by atoms with E-state index in [1.54, 1.807) is 0 Å². The van der Waals surface area contributed by atoms with Crippen LogP contribution in [0.1, 0.15) is 56.0 Å². The first-order valence-electron chi connectivity index (χ1n) is 7.68. The summed E-state index contributed by atoms with van der Waals surface area (Å²) in [5.41, 5.74) is 1.14. The molecule has 0 bridgehead atoms. The highest BCUT2D eigenvalue weighted by Gasteiger charge is 2.25. The molecule has 0 amide bonds. The van der Waals surface area contributed by atoms with Crippen molar-refractivity contribution in [3.8, 4) is 0 Å². The maximum absolute atomic E-state index is 5.78. The van der Waals surface area contributed by atoms with Gasteiger partial charge in [-0.2, -0.15) is 0 Å². The Balaban J connectivity index is 1.55. The summed E-state index contributed by atoms with van der Waals surface area (Å²) in [6.45, 7) is 7.19. The second-order valence-corrected chi connectivity index (χ2v) is 6.00. The monoisotopic (exact) mass is 286 g/mol. The quantitative estimate of drug-likeness (QED) is 0.865. The third-order valence-electron chi connectivity index (χ3n) is 4.00. The summed E-state index contributed by atoms with van der Waals surface area (Å²) in [6.07, 6.45) is 4.01. The number of rotatable bonds is 4. The topological polar surface area (TPSA) is 55.1 Å². The van der Waals surface area contributed by atoms with Crippen molar-refractivity contribution in [2.24, 2.45) is 0 Å². The molecule has 0 radical (unpaired) electrons. The van der Waals surface area contributed by atoms with Gasteiger partial charge in [-0.05, 0) is 38.1 Å². The first kappa shape index (κ1) is 14.2. The van der Waals surface area contributed by atoms with Crippen molar-refractivity contribution in [2.75, 3.05) is 13.1 Å². The summed E-state index contributed by atoms with van der Waals surface area (Å²) in [4.78, 5) is 6.83. The summed E-state index contributed by atoms with van der Waals surface area (Å²) < 4.78 is 5.78. The van der Waals surface area contributed by atoms with Crippen molar-refractivity contribution in [3.05, 3.63) is 41.9 Å². The molecule has 2 aromatic heterocycles. The molecule has 5 heteroatoms. The molecule has 1 aliphatic heterocycles. The average molecular weight is 286 g/mol. The molecule has 112 valence electrons. The predicted octanol–water partition coefficient (Wildman–Crippen LogP) is 2.97. The van der Waals surface area contributed by atoms with E-state index in [-0.39, 0.29) is 0 Å². The lowest BCUT2D eigenvalue weighted by molar-refractivity contribution is 0.190. The molecule has 2 aromatic rings. The van der Waals surface area contributed by atoms with Gasteiger partial charge in [0.15, 0.2) is 0 Å². The fourth-order valence-electron chi connectivity index (χ4n) is 2.70. The van der Waals surface area contributed by atoms with Gasteiger partial charge in [-0.1, -0.05) is 19.9 Å². The number of likely N-dealkylation sites (tertiary alicyclic amines) is 1. The second kappa shape index (κ2) is 6.35. The zero-order valence-electron chi connectivity index (χ0n) is 12.7. The molecule has 0 aromatic carbocycles. The number of hydrogen-bond donors (Lipinski definition) is 0. The summed E-state index contributed by atoms with van der Waals surface area (Å²) >= 11 is 0. The van der Waals surface area contributed by atoms with Crippen LogP contribution in [0.15, 0.2) is 28.8 Å². The Morgan fingerprint density at radius 1 is 1.24 bits per heavy atom. The fourth-order valence-corrected chi connectivity index (χ4v) is 2.70. The molecule has 0 aliphatic carbocycles. The molecular weight excluding hydrogens is 264 g/mol. The van der Waals surface area contributed by atoms with E-state index in [9.17, 15) is 0 Å². The van der Waals surface area contributed by atoms with Gasteiger partial charge in [0.2, 0.25) is 11.8 Å². The Kier molecular flexibility index (Phi) is 4.29. The third-order valence-corrected chi connectivity index (χ3v) is 4.00. The molecule has 1 fully saturated rings. The van der Waals surface area contributed by atoms with Crippen LogP contribution in [0.2, 0.25) is 0 Å². The molecule has 0 spiro atoms. The Labute approximate surface area is 125 Å². The van der Waals surface area contributed by atoms with Gasteiger partial charge in [-0.15, -0.1) is 10.2 Å². The van der Waals surface area contributed by atoms with Gasteiger partial charge < -0.3 is 4.42 Å². The smallest absolute Gasteiger partial charge is 0.219 e. The minimum absolute atomic E-state index is 0.301. The number of hydrogen-bond acceptors (Lipinski definition) is 5. The summed E-state index contributed by atoms with van der Waals surface area (Å²) in [6, 6.07) is 6.08. The zero-order chi connectivity index (χ0) is 14.7. The fraction of sp³-hybridized carbons (Fsp3) is 0.562. The summed E-state index contributed by atoms with van der Waals surface area (Å²) in [5.74, 6) is 2.28. The van der Waals surface area contributed by atoms with E-state index in [4.69, 9.17) is 4.42 Å². The van der Waals surface area contributed by atoms with E-state index in [1.807, 2.05) is 18.3 Å². The summed E-state index contributed by atoms with van der Waals surface area (Å²) in [7, 11) is 0. The van der Waals surface area contributed by atoms with Crippen molar-refractivity contribution >= 4 is 0 Å². The minimum atomic E-state index is 0.301. The maximum atomic E-state index is 5.78. The average Bonchev–Trinajstić information content (AvgIpc) is 2.99. The van der Waals surface area contributed by atoms with Crippen LogP contribution >= 0.6 is 0 Å². The molecule has 0 atom stereocenters. The molecule has 0 saturated carbocycles. The molecule has 5 nitrogen and oxygen atoms in total. The lowest BCUT2D eigenvalue weighted by Gasteiger charge is -2.30. The van der Waals surface area contributed by atoms with E-state index in [0.717, 1.165) is 50.0 Å². The standard InChI is InChI=1S/C16H22N4O/c1-12(2)15-18-19-16(21-15)13-6-9-20(10-7-13)11-14-5-3-4-8-17-14/h3-5,8,12-13H,6-7,9-11H2,1-2H3. The van der Waals surface area contributed by atoms with Gasteiger partial charge in [0.1, 0.15) is 0 Å². The van der Waals surface area contributed by atoms with Crippen molar-refractivity contribution in [2.45, 2.75) is 45.1 Å². The molecule has 1 saturated heterocycles. The Hall–Kier alpha value is -1.75. The van der Waals surface area contributed by atoms with Crippen LogP contribution in [0.25, 0.3) is 0 Å². The molecule has 21 heavy (non-hydrogen) atoms. The second-order valence-electron chi connectivity index (χ2n) is 6.00. The highest BCUT2D eigenvalue weighted by molar-refractivity contribution is 5.04. The van der Waals surface area contributed by atoms with Gasteiger partial charge in [-0.3, -0.25) is 9.88 Å². The first-order chi connectivity index (χ1) is 10.2. The Bertz CT molecular complexity index is 559. The molecule has 0 unspecified atom stereocenters. The summed E-state index contributed by atoms with van der Waals surface area (Å²) in [5, 5.41) is 8.36. The predicted molar refractivity (Wildman–Crippen MR) is 79.9 cm³/mol. The lowest BCUT2D eigenvalue weighted by atomic mass is 9.97. The Morgan fingerprint density at radius 2 is 2.05 bits per heavy atom. The molecular formula is C16H22N4O. The third kappa shape index (κ3) is 3.47. The highest BCUT2D eigenvalue weighted by atomic mass is 16.4. The van der Waals surface area contributed by atoms with E-state index in [2.05, 4.69) is 40.0 Å². The Morgan fingerprint density at radius 3 is 2.67 bits per heavy atom. The number of aromatic nitrogens is 3. The van der Waals surface area contributed by atoms with E-state index in [0.29, 0.717) is 11.8 Å². The van der Waals surface area contributed by atoms with Crippen LogP contribution in [0.4, 0.5) is 0 Å². The maximum Gasteiger partial charge on any atom is 0.219 e. The number of pyridine rings is 1. The largest absolute Gasteiger partial charge is 0.425 e. The van der Waals surface area contributed by atoms with Crippen molar-refractivity contribution in [1.82, 2.24) is 20.1 Å². The molecule has 3 rings (SSSR count). The SMILES string of the molecule is CC(C)c1nnc(C2CCN(Cc3ccccn3)CC2)o1. The normalized spacial score (nSPS) is 17.5. The molecule has 1 aliphatic rings. The lowest BCUT2D eigenvalue weighted by Crippen LogP contribution is -2.32. The number of piperidine rings is 1. The van der Waals surface area contributed by atoms with Crippen LogP contribution in [-0.2, 0) is 6.54 Å². The molecule has 3 heterocycles. The minimum Gasteiger partial charge on any atom is -0.425 e. The van der Waals surface area contributed by atoms with E-state index >= 15 is 0 Å². The van der Waals surface area contributed by atoms with Crippen LogP contribution in [-0.4, -0.2) is 33.2 Å². The number of nitrogens with zero attached hydrogens (tertiary/aromatic N) is 4. The van der Waals surface area contributed by atoms with Gasteiger partial charge >= 0.3 is 0 Å². The van der Waals surface area contributed by atoms with Gasteiger partial charge in [0.05, 0.1) is 5.69 Å². The van der Waals surface area contributed by atoms with Crippen LogP contribution < -0.4 is 0 Å². The van der Waals surface area contributed by atoms with Crippen LogP contribution in [0, 0.1) is 0 Å². The van der Waals surface area contributed by atoms with Crippen LogP contribution in [0.3, 0.4) is 0 Å². The van der Waals surface area contributed by atoms with E-state index < -0.39 is 0 Å².